The second-order valence-electron chi connectivity index (χ2n) is 11.8. The van der Waals surface area contributed by atoms with Crippen LogP contribution in [-0.2, 0) is 14.3 Å². The lowest BCUT2D eigenvalue weighted by molar-refractivity contribution is -0.114. The van der Waals surface area contributed by atoms with Crippen LogP contribution in [0.1, 0.15) is 55.8 Å². The van der Waals surface area contributed by atoms with Gasteiger partial charge >= 0.3 is 0 Å². The number of carbonyl (C=O) groups excluding carboxylic acids is 1. The highest BCUT2D eigenvalue weighted by Crippen LogP contribution is 2.68. The Bertz CT molecular complexity index is 1480. The molecular weight excluding hydrogens is 496 g/mol. The minimum Gasteiger partial charge on any atom is -0.378 e. The van der Waals surface area contributed by atoms with Gasteiger partial charge in [-0.05, 0) is 90.6 Å². The lowest BCUT2D eigenvalue weighted by atomic mass is 9.66. The normalized spacial score (nSPS) is 32.6. The third kappa shape index (κ3) is 3.90. The molecule has 3 aliphatic carbocycles. The van der Waals surface area contributed by atoms with Gasteiger partial charge in [-0.3, -0.25) is 4.79 Å². The number of ketones is 1. The van der Waals surface area contributed by atoms with Crippen molar-refractivity contribution in [1.29, 1.82) is 0 Å². The highest BCUT2D eigenvalue weighted by Gasteiger charge is 2.78. The standard InChI is InChI=1S/C33H31F2NO3/c1-36(2)25-6-3-21(4-7-25)31-30-27-10-8-26(37)17-22(27)5-9-28(30)29-12-14-32(33(29,39-32)19-38-31)13-11-20-15-23(34)18-24(35)16-20/h3-4,6-7,15-18,28-29,31H,5,8-10,12,14,19H2,1-2H3/t28?,29?,31-,32+,33-/m1/s1. The lowest BCUT2D eigenvalue weighted by Crippen LogP contribution is -2.35. The number of nitrogens with zero attached hydrogens (tertiary/aromatic N) is 1. The molecule has 2 saturated heterocycles. The van der Waals surface area contributed by atoms with Crippen molar-refractivity contribution in [2.24, 2.45) is 11.8 Å². The van der Waals surface area contributed by atoms with E-state index in [1.807, 2.05) is 20.2 Å². The van der Waals surface area contributed by atoms with Crippen LogP contribution in [0.4, 0.5) is 14.5 Å². The Morgan fingerprint density at radius 3 is 2.51 bits per heavy atom. The van der Waals surface area contributed by atoms with E-state index in [4.69, 9.17) is 9.47 Å². The van der Waals surface area contributed by atoms with Crippen molar-refractivity contribution in [1.82, 2.24) is 0 Å². The minimum atomic E-state index is -0.668. The van der Waals surface area contributed by atoms with Crippen LogP contribution in [0.5, 0.6) is 0 Å². The first-order valence-electron chi connectivity index (χ1n) is 13.8. The molecule has 5 aliphatic rings. The number of carbonyl (C=O) groups is 1. The van der Waals surface area contributed by atoms with Crippen molar-refractivity contribution in [3.8, 4) is 11.8 Å². The van der Waals surface area contributed by atoms with Crippen LogP contribution < -0.4 is 4.90 Å². The Kier molecular flexibility index (Phi) is 5.63. The average molecular weight is 528 g/mol. The molecule has 0 amide bonds. The molecule has 0 bridgehead atoms. The van der Waals surface area contributed by atoms with Crippen LogP contribution in [0.3, 0.4) is 0 Å². The molecular formula is C33H31F2NO3. The second kappa shape index (κ2) is 8.87. The van der Waals surface area contributed by atoms with Gasteiger partial charge in [0.2, 0.25) is 0 Å². The van der Waals surface area contributed by atoms with Gasteiger partial charge in [-0.1, -0.05) is 24.0 Å². The fourth-order valence-electron chi connectivity index (χ4n) is 7.58. The van der Waals surface area contributed by atoms with E-state index in [9.17, 15) is 13.6 Å². The molecule has 0 aromatic heterocycles. The molecule has 3 fully saturated rings. The molecule has 7 rings (SSSR count). The van der Waals surface area contributed by atoms with Gasteiger partial charge < -0.3 is 14.4 Å². The molecule has 0 N–H and O–H groups in total. The maximum Gasteiger partial charge on any atom is 0.161 e. The largest absolute Gasteiger partial charge is 0.378 e. The van der Waals surface area contributed by atoms with Crippen LogP contribution in [0, 0.1) is 35.3 Å². The van der Waals surface area contributed by atoms with E-state index in [-0.39, 0.29) is 23.7 Å². The number of halogens is 2. The fourth-order valence-corrected chi connectivity index (χ4v) is 7.58. The molecule has 2 aromatic rings. The van der Waals surface area contributed by atoms with Gasteiger partial charge in [-0.15, -0.1) is 0 Å². The van der Waals surface area contributed by atoms with Crippen molar-refractivity contribution in [3.05, 3.63) is 88.0 Å². The van der Waals surface area contributed by atoms with Crippen molar-refractivity contribution in [2.45, 2.75) is 55.8 Å². The van der Waals surface area contributed by atoms with E-state index in [1.165, 1.54) is 28.9 Å². The summed E-state index contributed by atoms with van der Waals surface area (Å²) in [4.78, 5) is 14.4. The van der Waals surface area contributed by atoms with E-state index in [1.54, 1.807) is 0 Å². The summed E-state index contributed by atoms with van der Waals surface area (Å²) in [5.41, 5.74) is 5.11. The first-order chi connectivity index (χ1) is 18.8. The topological polar surface area (TPSA) is 42.1 Å². The van der Waals surface area contributed by atoms with Crippen molar-refractivity contribution < 1.29 is 23.0 Å². The molecule has 2 aliphatic heterocycles. The quantitative estimate of drug-likeness (QED) is 0.351. The predicted octanol–water partition coefficient (Wildman–Crippen LogP) is 6.07. The van der Waals surface area contributed by atoms with Gasteiger partial charge in [0.05, 0.1) is 6.61 Å². The van der Waals surface area contributed by atoms with Gasteiger partial charge in [0.15, 0.2) is 11.4 Å². The van der Waals surface area contributed by atoms with Crippen LogP contribution in [0.25, 0.3) is 0 Å². The smallest absolute Gasteiger partial charge is 0.161 e. The molecule has 4 nitrogen and oxygen atoms in total. The Labute approximate surface area is 227 Å². The predicted molar refractivity (Wildman–Crippen MR) is 144 cm³/mol. The second-order valence-corrected chi connectivity index (χ2v) is 11.8. The molecule has 6 heteroatoms. The van der Waals surface area contributed by atoms with Crippen molar-refractivity contribution in [3.63, 3.8) is 0 Å². The van der Waals surface area contributed by atoms with E-state index in [0.717, 1.165) is 49.4 Å². The highest BCUT2D eigenvalue weighted by molar-refractivity contribution is 5.93. The first-order valence-corrected chi connectivity index (χ1v) is 13.8. The molecule has 2 heterocycles. The SMILES string of the molecule is CN(C)c1ccc([C@H]2OC[C@]34O[C@@]3(C#Cc3cc(F)cc(F)c3)CCC4C3CCC4=CC(=O)CCC4=C32)cc1. The third-order valence-electron chi connectivity index (χ3n) is 9.44. The summed E-state index contributed by atoms with van der Waals surface area (Å²) in [6.07, 6.45) is 6.49. The number of hydrogen-bond donors (Lipinski definition) is 0. The molecule has 1 spiro atoms. The monoisotopic (exact) mass is 527 g/mol. The highest BCUT2D eigenvalue weighted by atomic mass is 19.1. The van der Waals surface area contributed by atoms with Gasteiger partial charge in [-0.2, -0.15) is 0 Å². The Morgan fingerprint density at radius 1 is 1.00 bits per heavy atom. The fraction of sp³-hybridized carbons (Fsp3) is 0.424. The molecule has 2 aromatic carbocycles. The van der Waals surface area contributed by atoms with Gasteiger partial charge in [-0.25, -0.2) is 8.78 Å². The van der Waals surface area contributed by atoms with Gasteiger partial charge in [0.1, 0.15) is 23.3 Å². The molecule has 1 saturated carbocycles. The zero-order valence-corrected chi connectivity index (χ0v) is 22.2. The Balaban J connectivity index is 1.30. The molecule has 5 atom stereocenters. The Morgan fingerprint density at radius 2 is 1.77 bits per heavy atom. The van der Waals surface area contributed by atoms with Crippen LogP contribution in [0.15, 0.2) is 65.3 Å². The maximum atomic E-state index is 13.8. The summed E-state index contributed by atoms with van der Waals surface area (Å²) < 4.78 is 40.9. The van der Waals surface area contributed by atoms with Crippen LogP contribution in [0.2, 0.25) is 0 Å². The lowest BCUT2D eigenvalue weighted by Gasteiger charge is -2.37. The van der Waals surface area contributed by atoms with Gasteiger partial charge in [0, 0.05) is 43.8 Å². The summed E-state index contributed by atoms with van der Waals surface area (Å²) in [5, 5.41) is 0. The zero-order chi connectivity index (χ0) is 26.9. The average Bonchev–Trinajstić information content (AvgIpc) is 3.49. The number of epoxide rings is 1. The van der Waals surface area contributed by atoms with Crippen LogP contribution in [-0.4, -0.2) is 37.7 Å². The molecule has 200 valence electrons. The number of hydrogen-bond acceptors (Lipinski definition) is 4. The van der Waals surface area contributed by atoms with E-state index in [0.29, 0.717) is 18.6 Å². The molecule has 39 heavy (non-hydrogen) atoms. The number of ether oxygens (including phenoxy) is 2. The van der Waals surface area contributed by atoms with Crippen LogP contribution >= 0.6 is 0 Å². The number of fused-ring (bicyclic) bond motifs is 3. The molecule has 2 unspecified atom stereocenters. The summed E-state index contributed by atoms with van der Waals surface area (Å²) >= 11 is 0. The first kappa shape index (κ1) is 24.7. The summed E-state index contributed by atoms with van der Waals surface area (Å²) in [6, 6.07) is 11.9. The number of rotatable bonds is 2. The summed E-state index contributed by atoms with van der Waals surface area (Å²) in [7, 11) is 4.05. The van der Waals surface area contributed by atoms with E-state index in [2.05, 4.69) is 41.0 Å². The maximum absolute atomic E-state index is 13.8. The van der Waals surface area contributed by atoms with E-state index >= 15 is 0 Å². The van der Waals surface area contributed by atoms with Crippen molar-refractivity contribution in [2.75, 3.05) is 25.6 Å². The zero-order valence-electron chi connectivity index (χ0n) is 22.2. The number of allylic oxidation sites excluding steroid dienone is 3. The van der Waals surface area contributed by atoms with Crippen molar-refractivity contribution >= 4 is 11.5 Å². The number of anilines is 1. The summed E-state index contributed by atoms with van der Waals surface area (Å²) in [5.74, 6) is 5.74. The van der Waals surface area contributed by atoms with Gasteiger partial charge in [0.25, 0.3) is 0 Å². The number of benzene rings is 2. The summed E-state index contributed by atoms with van der Waals surface area (Å²) in [6.45, 7) is 0.412. The third-order valence-corrected chi connectivity index (χ3v) is 9.44. The Hall–Kier alpha value is -3.27. The van der Waals surface area contributed by atoms with E-state index < -0.39 is 22.8 Å². The minimum absolute atomic E-state index is 0.208. The molecule has 0 radical (unpaired) electrons.